The predicted molar refractivity (Wildman–Crippen MR) is 182 cm³/mol. The van der Waals surface area contributed by atoms with Crippen LogP contribution in [0.15, 0.2) is 48.3 Å². The summed E-state index contributed by atoms with van der Waals surface area (Å²) in [6.45, 7) is 12.9. The molecule has 2 aromatic rings. The first-order chi connectivity index (χ1) is 22.9. The number of carbonyl (C=O) groups excluding carboxylic acids is 3. The molecule has 12 nitrogen and oxygen atoms in total. The first kappa shape index (κ1) is 37.4. The monoisotopic (exact) mass is 681 g/mol. The molecule has 3 aliphatic heterocycles. The highest BCUT2D eigenvalue weighted by Crippen LogP contribution is 2.49. The van der Waals surface area contributed by atoms with Crippen LogP contribution in [0.1, 0.15) is 64.4 Å². The molecule has 3 heterocycles. The maximum atomic E-state index is 13.9. The summed E-state index contributed by atoms with van der Waals surface area (Å²) in [5.74, 6) is -6.44. The number of ether oxygens (including phenoxy) is 4. The number of carbonyl (C=O) groups is 3. The zero-order valence-electron chi connectivity index (χ0n) is 29.3. The van der Waals surface area contributed by atoms with E-state index in [0.29, 0.717) is 5.56 Å². The number of aromatic hydroxyl groups is 2. The predicted octanol–water partition coefficient (Wildman–Crippen LogP) is 5.05. The Hall–Kier alpha value is -4.39. The van der Waals surface area contributed by atoms with E-state index in [2.05, 4.69) is 5.32 Å². The van der Waals surface area contributed by atoms with E-state index in [0.717, 1.165) is 6.07 Å². The topological polar surface area (TPSA) is 181 Å². The van der Waals surface area contributed by atoms with Crippen molar-refractivity contribution in [2.24, 2.45) is 23.7 Å². The molecule has 2 aromatic carbocycles. The first-order valence-corrected chi connectivity index (χ1v) is 16.3. The number of amides is 1. The number of esters is 1. The van der Waals surface area contributed by atoms with Gasteiger partial charge in [-0.2, -0.15) is 0 Å². The molecule has 5 rings (SSSR count). The fraction of sp³-hybridized carbons (Fsp3) is 0.486. The maximum Gasteiger partial charge on any atom is 0.312 e. The third-order valence-electron chi connectivity index (χ3n) is 9.66. The summed E-state index contributed by atoms with van der Waals surface area (Å²) in [4.78, 5) is 39.2. The van der Waals surface area contributed by atoms with Crippen LogP contribution in [0.3, 0.4) is 0 Å². The lowest BCUT2D eigenvalue weighted by Gasteiger charge is -2.38. The molecule has 5 N–H and O–H groups in total. The number of hydrogen-bond acceptors (Lipinski definition) is 11. The molecular formula is C37H47NO11. The van der Waals surface area contributed by atoms with Crippen molar-refractivity contribution in [2.45, 2.75) is 85.6 Å². The Labute approximate surface area is 286 Å². The van der Waals surface area contributed by atoms with Gasteiger partial charge in [0, 0.05) is 67.0 Å². The average Bonchev–Trinajstić information content (AvgIpc) is 3.32. The van der Waals surface area contributed by atoms with Crippen molar-refractivity contribution < 1.29 is 53.8 Å². The lowest BCUT2D eigenvalue weighted by atomic mass is 9.78. The molecule has 9 unspecified atom stereocenters. The van der Waals surface area contributed by atoms with Crippen LogP contribution in [0.5, 0.6) is 17.2 Å². The number of rotatable bonds is 2. The molecular weight excluding hydrogens is 634 g/mol. The number of phenolic OH excluding ortho intramolecular Hbond substituents is 2. The lowest BCUT2D eigenvalue weighted by Crippen LogP contribution is -2.46. The van der Waals surface area contributed by atoms with E-state index in [1.807, 2.05) is 0 Å². The van der Waals surface area contributed by atoms with Gasteiger partial charge in [-0.25, -0.2) is 0 Å². The molecule has 3 aliphatic rings. The third-order valence-corrected chi connectivity index (χ3v) is 9.66. The van der Waals surface area contributed by atoms with Crippen LogP contribution in [-0.4, -0.2) is 75.4 Å². The van der Waals surface area contributed by atoms with E-state index in [9.17, 15) is 34.8 Å². The number of Topliss-reactive ketones (excluding diaryl/α,β-unsaturated/α-hetero) is 1. The summed E-state index contributed by atoms with van der Waals surface area (Å²) in [7, 11) is 1.46. The Bertz CT molecular complexity index is 1710. The van der Waals surface area contributed by atoms with Gasteiger partial charge in [-0.1, -0.05) is 45.9 Å². The summed E-state index contributed by atoms with van der Waals surface area (Å²) >= 11 is 0. The Morgan fingerprint density at radius 1 is 0.980 bits per heavy atom. The van der Waals surface area contributed by atoms with Gasteiger partial charge < -0.3 is 44.7 Å². The van der Waals surface area contributed by atoms with Crippen LogP contribution in [0.4, 0.5) is 5.69 Å². The molecule has 0 fully saturated rings. The third kappa shape index (κ3) is 7.31. The van der Waals surface area contributed by atoms with Crippen molar-refractivity contribution in [1.29, 1.82) is 0 Å². The number of fused-ring (bicyclic) bond motifs is 14. The SMILES string of the molecule is COC1C=COC2(C)Oc3c(C)cc4c(O)c(cc(O)c4c3C2=O)NC(=O)C(C)=CC=CC(C)C(O)C(C)C(O)C(C)C(OC(C)=O)C1C. The Balaban J connectivity index is 1.84. The number of methoxy groups -OCH3 is 1. The summed E-state index contributed by atoms with van der Waals surface area (Å²) in [6, 6.07) is 2.70. The largest absolute Gasteiger partial charge is 0.507 e. The number of aliphatic hydroxyl groups is 2. The number of ketones is 1. The van der Waals surface area contributed by atoms with Crippen molar-refractivity contribution in [2.75, 3.05) is 12.4 Å². The van der Waals surface area contributed by atoms with E-state index >= 15 is 0 Å². The smallest absolute Gasteiger partial charge is 0.312 e. The molecule has 49 heavy (non-hydrogen) atoms. The van der Waals surface area contributed by atoms with E-state index in [-0.39, 0.29) is 44.8 Å². The molecule has 1 amide bonds. The zero-order valence-corrected chi connectivity index (χ0v) is 29.3. The molecule has 0 aromatic heterocycles. The standard InChI is InChI=1S/C37H47NO11/c1-17-11-10-12-18(2)36(45)38-25-16-26(40)28-24(32(25)43)15-19(3)33-29(28)35(44)37(8,49-33)47-14-13-27(46-9)20(4)34(48-23(7)39)22(6)31(42)21(5)30(17)41/h10-17,20-22,27,30-31,34,40-43H,1-9H3,(H,38,45). The highest BCUT2D eigenvalue weighted by Gasteiger charge is 2.48. The summed E-state index contributed by atoms with van der Waals surface area (Å²) in [5.41, 5.74) is 0.671. The molecule has 0 radical (unpaired) electrons. The minimum Gasteiger partial charge on any atom is -0.507 e. The highest BCUT2D eigenvalue weighted by molar-refractivity contribution is 6.20. The summed E-state index contributed by atoms with van der Waals surface area (Å²) in [6.07, 6.45) is 3.95. The van der Waals surface area contributed by atoms with Crippen LogP contribution in [0.2, 0.25) is 0 Å². The van der Waals surface area contributed by atoms with Gasteiger partial charge in [-0.15, -0.1) is 0 Å². The molecule has 0 spiro atoms. The Morgan fingerprint density at radius 2 is 1.65 bits per heavy atom. The number of nitrogens with one attached hydrogen (secondary N) is 1. The van der Waals surface area contributed by atoms with E-state index < -0.39 is 71.5 Å². The maximum absolute atomic E-state index is 13.9. The average molecular weight is 682 g/mol. The Kier molecular flexibility index (Phi) is 11.2. The number of hydrogen-bond donors (Lipinski definition) is 5. The van der Waals surface area contributed by atoms with Gasteiger partial charge in [0.1, 0.15) is 23.4 Å². The minimum absolute atomic E-state index is 0.00654. The second-order valence-electron chi connectivity index (χ2n) is 13.3. The van der Waals surface area contributed by atoms with Crippen LogP contribution < -0.4 is 10.1 Å². The first-order valence-electron chi connectivity index (χ1n) is 16.3. The zero-order chi connectivity index (χ0) is 36.5. The second-order valence-corrected chi connectivity index (χ2v) is 13.3. The van der Waals surface area contributed by atoms with Crippen LogP contribution in [0, 0.1) is 30.6 Å². The number of benzene rings is 2. The highest BCUT2D eigenvalue weighted by atomic mass is 16.7. The molecule has 266 valence electrons. The normalized spacial score (nSPS) is 31.3. The van der Waals surface area contributed by atoms with Gasteiger partial charge in [0.2, 0.25) is 0 Å². The number of phenols is 2. The van der Waals surface area contributed by atoms with Gasteiger partial charge in [0.05, 0.1) is 35.8 Å². The summed E-state index contributed by atoms with van der Waals surface area (Å²) in [5, 5.41) is 47.7. The van der Waals surface area contributed by atoms with Gasteiger partial charge >= 0.3 is 11.8 Å². The van der Waals surface area contributed by atoms with Crippen molar-refractivity contribution >= 4 is 34.1 Å². The van der Waals surface area contributed by atoms with Crippen molar-refractivity contribution in [3.05, 3.63) is 59.4 Å². The molecule has 12 heteroatoms. The van der Waals surface area contributed by atoms with Gasteiger partial charge in [0.15, 0.2) is 0 Å². The number of aliphatic hydroxyl groups excluding tert-OH is 2. The molecule has 9 atom stereocenters. The number of anilines is 1. The van der Waals surface area contributed by atoms with Gasteiger partial charge in [-0.3, -0.25) is 14.4 Å². The molecule has 0 saturated carbocycles. The van der Waals surface area contributed by atoms with Crippen molar-refractivity contribution in [1.82, 2.24) is 0 Å². The van der Waals surface area contributed by atoms with Crippen LogP contribution in [0.25, 0.3) is 10.8 Å². The van der Waals surface area contributed by atoms with Crippen molar-refractivity contribution in [3.63, 3.8) is 0 Å². The molecule has 5 bridgehead atoms. The minimum atomic E-state index is -1.86. The van der Waals surface area contributed by atoms with E-state index in [1.54, 1.807) is 59.8 Å². The van der Waals surface area contributed by atoms with E-state index in [4.69, 9.17) is 18.9 Å². The van der Waals surface area contributed by atoms with Crippen LogP contribution >= 0.6 is 0 Å². The summed E-state index contributed by atoms with van der Waals surface area (Å²) < 4.78 is 23.3. The fourth-order valence-corrected chi connectivity index (χ4v) is 6.59. The van der Waals surface area contributed by atoms with Crippen LogP contribution in [-0.2, 0) is 23.8 Å². The molecule has 0 aliphatic carbocycles. The number of aryl methyl sites for hydroxylation is 1. The quantitative estimate of drug-likeness (QED) is 0.163. The fourth-order valence-electron chi connectivity index (χ4n) is 6.59. The molecule has 0 saturated heterocycles. The van der Waals surface area contributed by atoms with Crippen molar-refractivity contribution in [3.8, 4) is 17.2 Å². The second kappa shape index (κ2) is 14.6. The lowest BCUT2D eigenvalue weighted by molar-refractivity contribution is -0.160. The van der Waals surface area contributed by atoms with E-state index in [1.165, 1.54) is 39.4 Å². The van der Waals surface area contributed by atoms with Gasteiger partial charge in [-0.05, 0) is 31.6 Å². The number of allylic oxidation sites excluding steroid dienone is 2. The Morgan fingerprint density at radius 3 is 2.29 bits per heavy atom. The van der Waals surface area contributed by atoms with Gasteiger partial charge in [0.25, 0.3) is 11.7 Å².